The number of phosphoric ester groups is 1. The number of esters is 2. The lowest BCUT2D eigenvalue weighted by molar-refractivity contribution is -0.870. The Bertz CT molecular complexity index is 1940. The van der Waals surface area contributed by atoms with Gasteiger partial charge in [-0.15, -0.1) is 0 Å². The minimum atomic E-state index is -4.65. The van der Waals surface area contributed by atoms with Gasteiger partial charge in [0.15, 0.2) is 6.10 Å². The topological polar surface area (TPSA) is 111 Å². The molecule has 0 radical (unpaired) electrons. The molecule has 0 aliphatic rings. The summed E-state index contributed by atoms with van der Waals surface area (Å²) in [5.74, 6) is -0.815. The van der Waals surface area contributed by atoms with E-state index in [0.717, 1.165) is 83.5 Å². The molecule has 0 aromatic heterocycles. The van der Waals surface area contributed by atoms with Crippen molar-refractivity contribution in [2.45, 2.75) is 392 Å². The molecule has 2 atom stereocenters. The molecule has 0 aromatic carbocycles. The second-order valence-corrected chi connectivity index (χ2v) is 30.2. The van der Waals surface area contributed by atoms with Gasteiger partial charge in [-0.1, -0.05) is 374 Å². The molecule has 0 saturated heterocycles. The molecule has 0 heterocycles. The first-order chi connectivity index (χ1) is 47.0. The number of hydrogen-bond donors (Lipinski definition) is 0. The predicted molar refractivity (Wildman–Crippen MR) is 416 cm³/mol. The van der Waals surface area contributed by atoms with Crippen LogP contribution in [0.2, 0.25) is 0 Å². The second kappa shape index (κ2) is 76.1. The molecule has 2 unspecified atom stereocenters. The van der Waals surface area contributed by atoms with Crippen molar-refractivity contribution in [2.75, 3.05) is 47.5 Å². The molecule has 0 aromatic rings. The number of likely N-dealkylation sites (N-methyl/N-ethyl adjacent to an activating group) is 1. The van der Waals surface area contributed by atoms with Crippen molar-refractivity contribution >= 4 is 19.8 Å². The van der Waals surface area contributed by atoms with Crippen LogP contribution in [0.15, 0.2) is 97.2 Å². The fraction of sp³-hybridized carbons (Fsp3) is 0.791. The fourth-order valence-corrected chi connectivity index (χ4v) is 12.6. The largest absolute Gasteiger partial charge is 0.756 e. The molecule has 0 saturated carbocycles. The average Bonchev–Trinajstić information content (AvgIpc) is 2.72. The number of allylic oxidation sites excluding steroid dienone is 16. The quantitative estimate of drug-likeness (QED) is 0.0195. The molecule has 0 fully saturated rings. The number of nitrogens with zero attached hydrogens (tertiary/aromatic N) is 1. The Labute approximate surface area is 595 Å². The number of ether oxygens (including phenoxy) is 2. The van der Waals surface area contributed by atoms with E-state index in [0.29, 0.717) is 17.4 Å². The Morgan fingerprint density at radius 2 is 0.594 bits per heavy atom. The summed E-state index contributed by atoms with van der Waals surface area (Å²) < 4.78 is 34.4. The molecule has 0 aliphatic carbocycles. The first-order valence-electron chi connectivity index (χ1n) is 40.9. The molecule has 0 bridgehead atoms. The second-order valence-electron chi connectivity index (χ2n) is 28.8. The molecular formula is C86H156NO8P. The maximum atomic E-state index is 12.9. The van der Waals surface area contributed by atoms with Crippen molar-refractivity contribution in [1.29, 1.82) is 0 Å². The van der Waals surface area contributed by atoms with Crippen molar-refractivity contribution in [3.8, 4) is 0 Å². The van der Waals surface area contributed by atoms with Crippen LogP contribution in [-0.2, 0) is 32.7 Å². The highest BCUT2D eigenvalue weighted by molar-refractivity contribution is 7.45. The molecule has 9 nitrogen and oxygen atoms in total. The zero-order valence-electron chi connectivity index (χ0n) is 63.8. The first kappa shape index (κ1) is 92.9. The number of hydrogen-bond acceptors (Lipinski definition) is 8. The average molecular weight is 1360 g/mol. The third-order valence-electron chi connectivity index (χ3n) is 18.1. The summed E-state index contributed by atoms with van der Waals surface area (Å²) >= 11 is 0. The smallest absolute Gasteiger partial charge is 0.306 e. The van der Waals surface area contributed by atoms with Gasteiger partial charge < -0.3 is 27.9 Å². The summed E-state index contributed by atoms with van der Waals surface area (Å²) in [6.07, 6.45) is 107. The number of quaternary nitrogens is 1. The Hall–Kier alpha value is -3.07. The van der Waals surface area contributed by atoms with E-state index in [1.165, 1.54) is 270 Å². The van der Waals surface area contributed by atoms with Crippen LogP contribution < -0.4 is 4.89 Å². The van der Waals surface area contributed by atoms with Crippen LogP contribution in [0.1, 0.15) is 386 Å². The van der Waals surface area contributed by atoms with Crippen LogP contribution in [0.25, 0.3) is 0 Å². The molecule has 10 heteroatoms. The Kier molecular flexibility index (Phi) is 73.7. The highest BCUT2D eigenvalue weighted by Crippen LogP contribution is 2.38. The van der Waals surface area contributed by atoms with Crippen molar-refractivity contribution in [3.63, 3.8) is 0 Å². The van der Waals surface area contributed by atoms with E-state index in [1.54, 1.807) is 0 Å². The van der Waals surface area contributed by atoms with E-state index in [2.05, 4.69) is 111 Å². The van der Waals surface area contributed by atoms with Gasteiger partial charge in [0.25, 0.3) is 7.82 Å². The number of phosphoric acid groups is 1. The van der Waals surface area contributed by atoms with Crippen LogP contribution in [0.4, 0.5) is 0 Å². The third-order valence-corrected chi connectivity index (χ3v) is 19.1. The monoisotopic (exact) mass is 1360 g/mol. The molecular weight excluding hydrogens is 1210 g/mol. The zero-order chi connectivity index (χ0) is 69.7. The van der Waals surface area contributed by atoms with E-state index in [4.69, 9.17) is 18.5 Å². The SMILES string of the molecule is CC/C=C\C/C=C\C/C=C\C/C=C\C/C=C\C/C=C\CCCCCCCCCCCCCCCCCCCCC(=O)OC(COC(=O)CCCCCCCCCCCCCCCCCCCCCCCCC/C=C\C/C=C\CCCCCCC)COP(=O)([O-])OCC[N+](C)(C)C. The van der Waals surface area contributed by atoms with Crippen molar-refractivity contribution in [3.05, 3.63) is 97.2 Å². The molecule has 558 valence electrons. The van der Waals surface area contributed by atoms with Gasteiger partial charge in [0.05, 0.1) is 27.7 Å². The number of carbonyl (C=O) groups excluding carboxylic acids is 2. The lowest BCUT2D eigenvalue weighted by Crippen LogP contribution is -2.37. The summed E-state index contributed by atoms with van der Waals surface area (Å²) in [7, 11) is 1.18. The van der Waals surface area contributed by atoms with Crippen LogP contribution in [0.5, 0.6) is 0 Å². The lowest BCUT2D eigenvalue weighted by atomic mass is 10.0. The molecule has 0 amide bonds. The van der Waals surface area contributed by atoms with Crippen LogP contribution in [-0.4, -0.2) is 70.0 Å². The predicted octanol–water partition coefficient (Wildman–Crippen LogP) is 26.8. The van der Waals surface area contributed by atoms with Crippen molar-refractivity contribution in [1.82, 2.24) is 0 Å². The van der Waals surface area contributed by atoms with E-state index in [-0.39, 0.29) is 32.0 Å². The number of carbonyl (C=O) groups is 2. The van der Waals surface area contributed by atoms with Crippen LogP contribution >= 0.6 is 7.82 Å². The maximum absolute atomic E-state index is 12.9. The van der Waals surface area contributed by atoms with Gasteiger partial charge in [-0.25, -0.2) is 0 Å². The van der Waals surface area contributed by atoms with Crippen LogP contribution in [0.3, 0.4) is 0 Å². The standard InChI is InChI=1S/C86H156NO8P/c1-6-8-10-12-14-16-18-20-22-24-26-28-30-32-34-36-38-40-42-43-45-47-49-51-53-55-57-59-61-63-65-67-69-71-73-75-77-79-86(89)95-84(83-94-96(90,91)93-81-80-87(3,4)5)82-92-85(88)78-76-74-72-70-68-66-64-62-60-58-56-54-52-50-48-46-44-41-39-37-35-33-31-29-27-25-23-21-19-17-15-13-11-9-7-2/h8,10,14,16,19-22,25-28,32,34,38,40,84H,6-7,9,11-13,15,17-18,23-24,29-31,33,35-37,39,41-83H2,1-5H3/b10-8-,16-14-,21-19-,22-20-,27-25-,28-26-,34-32-,40-38-. The first-order valence-corrected chi connectivity index (χ1v) is 42.4. The fourth-order valence-electron chi connectivity index (χ4n) is 11.9. The van der Waals surface area contributed by atoms with E-state index >= 15 is 0 Å². The van der Waals surface area contributed by atoms with E-state index in [9.17, 15) is 19.0 Å². The van der Waals surface area contributed by atoms with Gasteiger partial charge in [0.1, 0.15) is 19.8 Å². The zero-order valence-corrected chi connectivity index (χ0v) is 64.7. The molecule has 0 rings (SSSR count). The minimum absolute atomic E-state index is 0.0307. The van der Waals surface area contributed by atoms with Gasteiger partial charge >= 0.3 is 11.9 Å². The summed E-state index contributed by atoms with van der Waals surface area (Å²) in [5.41, 5.74) is 0. The maximum Gasteiger partial charge on any atom is 0.306 e. The minimum Gasteiger partial charge on any atom is -0.756 e. The summed E-state index contributed by atoms with van der Waals surface area (Å²) in [4.78, 5) is 38.2. The molecule has 0 aliphatic heterocycles. The van der Waals surface area contributed by atoms with E-state index in [1.807, 2.05) is 21.1 Å². The lowest BCUT2D eigenvalue weighted by Gasteiger charge is -2.28. The summed E-state index contributed by atoms with van der Waals surface area (Å²) in [6, 6.07) is 0. The normalized spacial score (nSPS) is 13.5. The highest BCUT2D eigenvalue weighted by atomic mass is 31.2. The van der Waals surface area contributed by atoms with Crippen molar-refractivity contribution in [2.24, 2.45) is 0 Å². The highest BCUT2D eigenvalue weighted by Gasteiger charge is 2.22. The Balaban J connectivity index is 3.93. The Morgan fingerprint density at radius 1 is 0.333 bits per heavy atom. The molecule has 0 N–H and O–H groups in total. The van der Waals surface area contributed by atoms with Crippen LogP contribution in [0, 0.1) is 0 Å². The van der Waals surface area contributed by atoms with Gasteiger partial charge in [-0.3, -0.25) is 14.2 Å². The number of unbranched alkanes of at least 4 members (excludes halogenated alkanes) is 46. The number of rotatable bonds is 76. The third kappa shape index (κ3) is 79.9. The Morgan fingerprint density at radius 3 is 0.885 bits per heavy atom. The van der Waals surface area contributed by atoms with Gasteiger partial charge in [0, 0.05) is 12.8 Å². The summed E-state index contributed by atoms with van der Waals surface area (Å²) in [5, 5.41) is 0. The summed E-state index contributed by atoms with van der Waals surface area (Å²) in [6.45, 7) is 4.17. The van der Waals surface area contributed by atoms with Crippen molar-refractivity contribution < 1.29 is 42.1 Å². The van der Waals surface area contributed by atoms with Gasteiger partial charge in [0.2, 0.25) is 0 Å². The van der Waals surface area contributed by atoms with Gasteiger partial charge in [-0.2, -0.15) is 0 Å². The molecule has 96 heavy (non-hydrogen) atoms. The van der Waals surface area contributed by atoms with Gasteiger partial charge in [-0.05, 0) is 96.3 Å². The molecule has 0 spiro atoms. The van der Waals surface area contributed by atoms with E-state index < -0.39 is 26.5 Å².